The molecule has 8 heteroatoms. The van der Waals surface area contributed by atoms with Gasteiger partial charge in [0.05, 0.1) is 32.5 Å². The molecule has 0 N–H and O–H groups in total. The van der Waals surface area contributed by atoms with Crippen molar-refractivity contribution in [3.05, 3.63) is 118 Å². The summed E-state index contributed by atoms with van der Waals surface area (Å²) in [7, 11) is 1.56. The Morgan fingerprint density at radius 1 is 0.778 bits per heavy atom. The second-order valence-corrected chi connectivity index (χ2v) is 8.50. The van der Waals surface area contributed by atoms with Crippen LogP contribution in [0.5, 0.6) is 0 Å². The van der Waals surface area contributed by atoms with Crippen molar-refractivity contribution in [1.29, 1.82) is 0 Å². The van der Waals surface area contributed by atoms with Gasteiger partial charge in [0.15, 0.2) is 6.29 Å². The molecule has 0 saturated carbocycles. The SMILES string of the molecule is COC1O[C@H]([C@@H](COCc2ccccc2)N=[N+]=[N-])[C@H](OCc2ccccc2)[C@H]1OCc1ccccc1. The molecule has 36 heavy (non-hydrogen) atoms. The minimum absolute atomic E-state index is 0.163. The number of ether oxygens (including phenoxy) is 5. The van der Waals surface area contributed by atoms with Crippen molar-refractivity contribution in [2.24, 2.45) is 5.11 Å². The molecule has 0 aliphatic carbocycles. The number of benzene rings is 3. The summed E-state index contributed by atoms with van der Waals surface area (Å²) >= 11 is 0. The average molecular weight is 490 g/mol. The van der Waals surface area contributed by atoms with Gasteiger partial charge in [0.25, 0.3) is 0 Å². The molecule has 0 amide bonds. The first-order valence-corrected chi connectivity index (χ1v) is 11.9. The maximum Gasteiger partial charge on any atom is 0.186 e. The second-order valence-electron chi connectivity index (χ2n) is 8.50. The molecule has 1 fully saturated rings. The first-order valence-electron chi connectivity index (χ1n) is 11.9. The first-order chi connectivity index (χ1) is 17.8. The molecular weight excluding hydrogens is 458 g/mol. The first kappa shape index (κ1) is 25.9. The third kappa shape index (κ3) is 7.15. The molecule has 1 unspecified atom stereocenters. The standard InChI is InChI=1S/C28H31N3O5/c1-32-28-27(35-19-23-15-9-4-10-16-23)26(34-18-22-13-7-3-8-14-22)25(36-28)24(30-31-29)20-33-17-21-11-5-2-6-12-21/h2-16,24-28H,17-20H2,1H3/t24-,25-,26+,27-,28?/m1/s1. The van der Waals surface area contributed by atoms with Crippen LogP contribution in [0.4, 0.5) is 0 Å². The summed E-state index contributed by atoms with van der Waals surface area (Å²) < 4.78 is 30.4. The van der Waals surface area contributed by atoms with Crippen LogP contribution >= 0.6 is 0 Å². The Bertz CT molecular complexity index is 1080. The number of hydrogen-bond acceptors (Lipinski definition) is 6. The summed E-state index contributed by atoms with van der Waals surface area (Å²) in [6.45, 7) is 1.27. The number of nitrogens with zero attached hydrogens (tertiary/aromatic N) is 3. The maximum absolute atomic E-state index is 9.29. The van der Waals surface area contributed by atoms with E-state index in [0.717, 1.165) is 16.7 Å². The van der Waals surface area contributed by atoms with E-state index in [2.05, 4.69) is 10.0 Å². The van der Waals surface area contributed by atoms with Crippen LogP contribution in [0, 0.1) is 0 Å². The van der Waals surface area contributed by atoms with Gasteiger partial charge >= 0.3 is 0 Å². The third-order valence-electron chi connectivity index (χ3n) is 5.99. The van der Waals surface area contributed by atoms with Gasteiger partial charge in [-0.15, -0.1) is 0 Å². The zero-order valence-corrected chi connectivity index (χ0v) is 20.3. The Hall–Kier alpha value is -3.23. The zero-order valence-electron chi connectivity index (χ0n) is 20.3. The van der Waals surface area contributed by atoms with E-state index < -0.39 is 30.6 Å². The van der Waals surface area contributed by atoms with Crippen molar-refractivity contribution in [2.45, 2.75) is 50.5 Å². The smallest absolute Gasteiger partial charge is 0.186 e. The topological polar surface area (TPSA) is 94.9 Å². The van der Waals surface area contributed by atoms with Crippen LogP contribution in [0.15, 0.2) is 96.1 Å². The van der Waals surface area contributed by atoms with Gasteiger partial charge in [-0.05, 0) is 22.2 Å². The predicted octanol–water partition coefficient (Wildman–Crippen LogP) is 5.42. The molecule has 188 valence electrons. The van der Waals surface area contributed by atoms with Crippen molar-refractivity contribution in [3.63, 3.8) is 0 Å². The van der Waals surface area contributed by atoms with E-state index in [0.29, 0.717) is 19.8 Å². The van der Waals surface area contributed by atoms with Gasteiger partial charge in [0.1, 0.15) is 18.3 Å². The van der Waals surface area contributed by atoms with Gasteiger partial charge < -0.3 is 23.7 Å². The predicted molar refractivity (Wildman–Crippen MR) is 135 cm³/mol. The number of azide groups is 1. The lowest BCUT2D eigenvalue weighted by Gasteiger charge is -2.27. The van der Waals surface area contributed by atoms with Crippen LogP contribution in [-0.4, -0.2) is 44.4 Å². The van der Waals surface area contributed by atoms with Crippen LogP contribution in [-0.2, 0) is 43.5 Å². The molecule has 1 saturated heterocycles. The lowest BCUT2D eigenvalue weighted by Crippen LogP contribution is -2.43. The lowest BCUT2D eigenvalue weighted by atomic mass is 10.0. The molecule has 1 aliphatic rings. The van der Waals surface area contributed by atoms with E-state index >= 15 is 0 Å². The fourth-order valence-electron chi connectivity index (χ4n) is 4.18. The number of hydrogen-bond donors (Lipinski definition) is 0. The highest BCUT2D eigenvalue weighted by Crippen LogP contribution is 2.32. The Labute approximate surface area is 211 Å². The zero-order chi connectivity index (χ0) is 25.0. The molecule has 3 aromatic carbocycles. The largest absolute Gasteiger partial charge is 0.376 e. The molecule has 5 atom stereocenters. The monoisotopic (exact) mass is 489 g/mol. The summed E-state index contributed by atoms with van der Waals surface area (Å²) in [6, 6.07) is 28.9. The molecular formula is C28H31N3O5. The minimum Gasteiger partial charge on any atom is -0.376 e. The average Bonchev–Trinajstić information content (AvgIpc) is 3.29. The third-order valence-corrected chi connectivity index (χ3v) is 5.99. The van der Waals surface area contributed by atoms with Crippen LogP contribution in [0.25, 0.3) is 10.4 Å². The highest BCUT2D eigenvalue weighted by atomic mass is 16.7. The van der Waals surface area contributed by atoms with Gasteiger partial charge in [-0.3, -0.25) is 0 Å². The van der Waals surface area contributed by atoms with Gasteiger partial charge in [-0.1, -0.05) is 96.1 Å². The molecule has 8 nitrogen and oxygen atoms in total. The van der Waals surface area contributed by atoms with Crippen LogP contribution < -0.4 is 0 Å². The van der Waals surface area contributed by atoms with Crippen molar-refractivity contribution in [1.82, 2.24) is 0 Å². The fourth-order valence-corrected chi connectivity index (χ4v) is 4.18. The summed E-state index contributed by atoms with van der Waals surface area (Å²) in [5, 5.41) is 4.00. The van der Waals surface area contributed by atoms with E-state index in [1.807, 2.05) is 91.0 Å². The normalized spacial score (nSPS) is 22.1. The summed E-state index contributed by atoms with van der Waals surface area (Å²) in [5.41, 5.74) is 12.4. The Balaban J connectivity index is 1.50. The molecule has 0 radical (unpaired) electrons. The van der Waals surface area contributed by atoms with Crippen LogP contribution in [0.3, 0.4) is 0 Å². The molecule has 0 bridgehead atoms. The van der Waals surface area contributed by atoms with Gasteiger partial charge in [0.2, 0.25) is 0 Å². The second kappa shape index (κ2) is 13.8. The number of methoxy groups -OCH3 is 1. The minimum atomic E-state index is -0.690. The van der Waals surface area contributed by atoms with Gasteiger partial charge in [-0.25, -0.2) is 0 Å². The Morgan fingerprint density at radius 3 is 1.78 bits per heavy atom. The van der Waals surface area contributed by atoms with Gasteiger partial charge in [0, 0.05) is 12.0 Å². The van der Waals surface area contributed by atoms with E-state index in [-0.39, 0.29) is 6.61 Å². The molecule has 1 aliphatic heterocycles. The van der Waals surface area contributed by atoms with Crippen molar-refractivity contribution >= 4 is 0 Å². The molecule has 3 aromatic rings. The molecule has 0 spiro atoms. The van der Waals surface area contributed by atoms with E-state index in [4.69, 9.17) is 23.7 Å². The maximum atomic E-state index is 9.29. The van der Waals surface area contributed by atoms with Crippen molar-refractivity contribution < 1.29 is 23.7 Å². The van der Waals surface area contributed by atoms with E-state index in [1.165, 1.54) is 0 Å². The fraction of sp³-hybridized carbons (Fsp3) is 0.357. The summed E-state index contributed by atoms with van der Waals surface area (Å²) in [5.74, 6) is 0. The lowest BCUT2D eigenvalue weighted by molar-refractivity contribution is -0.169. The molecule has 4 rings (SSSR count). The Kier molecular flexibility index (Phi) is 9.87. The van der Waals surface area contributed by atoms with Crippen molar-refractivity contribution in [3.8, 4) is 0 Å². The van der Waals surface area contributed by atoms with Crippen LogP contribution in [0.1, 0.15) is 16.7 Å². The number of rotatable bonds is 13. The van der Waals surface area contributed by atoms with Crippen LogP contribution in [0.2, 0.25) is 0 Å². The molecule has 0 aromatic heterocycles. The highest BCUT2D eigenvalue weighted by molar-refractivity contribution is 5.15. The van der Waals surface area contributed by atoms with Gasteiger partial charge in [-0.2, -0.15) is 0 Å². The highest BCUT2D eigenvalue weighted by Gasteiger charge is 2.49. The summed E-state index contributed by atoms with van der Waals surface area (Å²) in [6.07, 6.45) is -2.39. The Morgan fingerprint density at radius 2 is 1.28 bits per heavy atom. The summed E-state index contributed by atoms with van der Waals surface area (Å²) in [4.78, 5) is 3.06. The van der Waals surface area contributed by atoms with E-state index in [1.54, 1.807) is 7.11 Å². The molecule has 1 heterocycles. The van der Waals surface area contributed by atoms with E-state index in [9.17, 15) is 5.53 Å². The van der Waals surface area contributed by atoms with Crippen molar-refractivity contribution in [2.75, 3.05) is 13.7 Å². The quantitative estimate of drug-likeness (QED) is 0.181.